The number of ether oxygens (including phenoxy) is 3. The van der Waals surface area contributed by atoms with E-state index in [9.17, 15) is 9.59 Å². The fourth-order valence-corrected chi connectivity index (χ4v) is 4.51. The van der Waals surface area contributed by atoms with Crippen molar-refractivity contribution < 1.29 is 23.8 Å². The summed E-state index contributed by atoms with van der Waals surface area (Å²) in [6.45, 7) is 5.70. The number of aryl methyl sites for hydroxylation is 1. The highest BCUT2D eigenvalue weighted by molar-refractivity contribution is 6.33. The molecule has 2 aromatic carbocycles. The number of aromatic nitrogens is 2. The molecule has 1 saturated heterocycles. The van der Waals surface area contributed by atoms with Crippen molar-refractivity contribution in [3.8, 4) is 28.5 Å². The zero-order valence-electron chi connectivity index (χ0n) is 21.8. The van der Waals surface area contributed by atoms with Crippen LogP contribution in [0.1, 0.15) is 6.92 Å². The Labute approximate surface area is 227 Å². The molecule has 0 unspecified atom stereocenters. The van der Waals surface area contributed by atoms with E-state index >= 15 is 0 Å². The summed E-state index contributed by atoms with van der Waals surface area (Å²) >= 11 is 6.45. The second kappa shape index (κ2) is 12.7. The molecule has 1 aromatic heterocycles. The number of anilines is 1. The van der Waals surface area contributed by atoms with E-state index in [0.717, 1.165) is 32.7 Å². The average Bonchev–Trinajstić information content (AvgIpc) is 3.26. The van der Waals surface area contributed by atoms with Crippen LogP contribution in [0.2, 0.25) is 5.02 Å². The lowest BCUT2D eigenvalue weighted by molar-refractivity contribution is -0.130. The maximum absolute atomic E-state index is 12.6. The predicted molar refractivity (Wildman–Crippen MR) is 145 cm³/mol. The molecule has 202 valence electrons. The predicted octanol–water partition coefficient (Wildman–Crippen LogP) is 3.31. The van der Waals surface area contributed by atoms with Gasteiger partial charge in [0.25, 0.3) is 5.91 Å². The molecular formula is C27H32ClN5O5. The lowest BCUT2D eigenvalue weighted by Gasteiger charge is -2.34. The van der Waals surface area contributed by atoms with Gasteiger partial charge < -0.3 is 24.4 Å². The molecule has 0 radical (unpaired) electrons. The van der Waals surface area contributed by atoms with E-state index in [2.05, 4.69) is 15.3 Å². The number of amides is 2. The number of carbonyl (C=O) groups is 2. The minimum absolute atomic E-state index is 0.109. The van der Waals surface area contributed by atoms with Crippen molar-refractivity contribution in [3.63, 3.8) is 0 Å². The van der Waals surface area contributed by atoms with E-state index < -0.39 is 0 Å². The highest BCUT2D eigenvalue weighted by Crippen LogP contribution is 2.36. The van der Waals surface area contributed by atoms with Gasteiger partial charge in [0, 0.05) is 64.0 Å². The van der Waals surface area contributed by atoms with Gasteiger partial charge in [-0.3, -0.25) is 19.2 Å². The molecule has 1 fully saturated rings. The Balaban J connectivity index is 1.41. The van der Waals surface area contributed by atoms with Crippen molar-refractivity contribution in [2.45, 2.75) is 6.92 Å². The molecule has 0 bridgehead atoms. The number of nitrogens with zero attached hydrogens (tertiary/aromatic N) is 4. The number of rotatable bonds is 10. The first kappa shape index (κ1) is 27.3. The number of carbonyl (C=O) groups excluding carboxylic acids is 2. The van der Waals surface area contributed by atoms with Crippen molar-refractivity contribution >= 4 is 29.1 Å². The van der Waals surface area contributed by atoms with E-state index in [1.807, 2.05) is 17.0 Å². The summed E-state index contributed by atoms with van der Waals surface area (Å²) < 4.78 is 18.6. The molecule has 4 rings (SSSR count). The van der Waals surface area contributed by atoms with Crippen LogP contribution in [0.4, 0.5) is 5.69 Å². The molecule has 3 aromatic rings. The van der Waals surface area contributed by atoms with Crippen LogP contribution in [0.5, 0.6) is 17.2 Å². The lowest BCUT2D eigenvalue weighted by atomic mass is 10.1. The number of piperazine rings is 1. The van der Waals surface area contributed by atoms with E-state index in [1.165, 1.54) is 0 Å². The number of methoxy groups -OCH3 is 1. The highest BCUT2D eigenvalue weighted by atomic mass is 35.5. The molecule has 2 heterocycles. The summed E-state index contributed by atoms with van der Waals surface area (Å²) in [5.41, 5.74) is 1.97. The van der Waals surface area contributed by atoms with E-state index in [4.69, 9.17) is 25.8 Å². The van der Waals surface area contributed by atoms with Gasteiger partial charge in [0.1, 0.15) is 23.9 Å². The van der Waals surface area contributed by atoms with Crippen molar-refractivity contribution in [3.05, 3.63) is 53.7 Å². The second-order valence-corrected chi connectivity index (χ2v) is 9.29. The van der Waals surface area contributed by atoms with Gasteiger partial charge in [-0.15, -0.1) is 0 Å². The zero-order valence-corrected chi connectivity index (χ0v) is 22.5. The van der Waals surface area contributed by atoms with Gasteiger partial charge in [-0.25, -0.2) is 0 Å². The molecule has 0 aliphatic carbocycles. The highest BCUT2D eigenvalue weighted by Gasteiger charge is 2.20. The van der Waals surface area contributed by atoms with Crippen LogP contribution in [0, 0.1) is 0 Å². The van der Waals surface area contributed by atoms with Crippen molar-refractivity contribution in [1.29, 1.82) is 0 Å². The summed E-state index contributed by atoms with van der Waals surface area (Å²) in [5.74, 6) is 1.61. The molecule has 1 aliphatic rings. The summed E-state index contributed by atoms with van der Waals surface area (Å²) in [6.07, 6.45) is 1.57. The quantitative estimate of drug-likeness (QED) is 0.420. The van der Waals surface area contributed by atoms with Crippen LogP contribution in [0.25, 0.3) is 11.3 Å². The Morgan fingerprint density at radius 3 is 2.50 bits per heavy atom. The fourth-order valence-electron chi connectivity index (χ4n) is 4.24. The largest absolute Gasteiger partial charge is 0.497 e. The maximum atomic E-state index is 12.6. The van der Waals surface area contributed by atoms with Gasteiger partial charge in [-0.1, -0.05) is 17.7 Å². The Kier molecular flexibility index (Phi) is 9.09. The number of hydrogen-bond donors (Lipinski definition) is 1. The number of halogens is 1. The van der Waals surface area contributed by atoms with Gasteiger partial charge in [0.2, 0.25) is 5.91 Å². The smallest absolute Gasteiger partial charge is 0.262 e. The van der Waals surface area contributed by atoms with E-state index in [0.29, 0.717) is 45.8 Å². The van der Waals surface area contributed by atoms with Gasteiger partial charge >= 0.3 is 0 Å². The van der Waals surface area contributed by atoms with E-state index in [1.54, 1.807) is 62.3 Å². The summed E-state index contributed by atoms with van der Waals surface area (Å²) in [5, 5.41) is 7.59. The lowest BCUT2D eigenvalue weighted by Crippen LogP contribution is -2.48. The number of hydrogen-bond acceptors (Lipinski definition) is 7. The Morgan fingerprint density at radius 2 is 1.82 bits per heavy atom. The normalized spacial score (nSPS) is 13.7. The third-order valence-corrected chi connectivity index (χ3v) is 6.58. The molecule has 0 spiro atoms. The molecule has 10 nitrogen and oxygen atoms in total. The topological polar surface area (TPSA) is 98.2 Å². The monoisotopic (exact) mass is 541 g/mol. The minimum atomic E-state index is -0.312. The van der Waals surface area contributed by atoms with Crippen LogP contribution in [0.3, 0.4) is 0 Å². The first-order valence-corrected chi connectivity index (χ1v) is 12.7. The molecule has 1 aliphatic heterocycles. The third kappa shape index (κ3) is 6.96. The SMILES string of the molecule is COc1cccc(OCC(=O)Nc2ccc(OCCN3CCN(C(C)=O)CC3)c(-c3c(Cl)cnn3C)c2)c1. The van der Waals surface area contributed by atoms with Crippen molar-refractivity contribution in [2.75, 3.05) is 58.4 Å². The first-order valence-electron chi connectivity index (χ1n) is 12.3. The molecule has 0 atom stereocenters. The summed E-state index contributed by atoms with van der Waals surface area (Å²) in [4.78, 5) is 28.3. The molecule has 1 N–H and O–H groups in total. The second-order valence-electron chi connectivity index (χ2n) is 8.89. The molecule has 38 heavy (non-hydrogen) atoms. The Bertz CT molecular complexity index is 1250. The van der Waals surface area contributed by atoms with Crippen LogP contribution >= 0.6 is 11.6 Å². The van der Waals surface area contributed by atoms with Crippen LogP contribution in [0.15, 0.2) is 48.7 Å². The molecule has 11 heteroatoms. The van der Waals surface area contributed by atoms with Crippen LogP contribution in [-0.2, 0) is 16.6 Å². The van der Waals surface area contributed by atoms with Crippen molar-refractivity contribution in [1.82, 2.24) is 19.6 Å². The summed E-state index contributed by atoms with van der Waals surface area (Å²) in [6, 6.07) is 12.5. The fraction of sp³-hybridized carbons (Fsp3) is 0.370. The van der Waals surface area contributed by atoms with Gasteiger partial charge in [-0.2, -0.15) is 5.10 Å². The van der Waals surface area contributed by atoms with Gasteiger partial charge in [-0.05, 0) is 30.3 Å². The van der Waals surface area contributed by atoms with Crippen molar-refractivity contribution in [2.24, 2.45) is 7.05 Å². The zero-order chi connectivity index (χ0) is 27.1. The minimum Gasteiger partial charge on any atom is -0.497 e. The Hall–Kier alpha value is -3.76. The first-order chi connectivity index (χ1) is 18.3. The average molecular weight is 542 g/mol. The molecular weight excluding hydrogens is 510 g/mol. The standard InChI is InChI=1S/C27H32ClN5O5/c1-19(34)33-11-9-32(10-12-33)13-14-37-25-8-7-20(15-23(25)27-24(28)17-29-31(27)2)30-26(35)18-38-22-6-4-5-21(16-22)36-3/h4-8,15-17H,9-14,18H2,1-3H3,(H,30,35). The van der Waals surface area contributed by atoms with Gasteiger partial charge in [0.15, 0.2) is 6.61 Å². The summed E-state index contributed by atoms with van der Waals surface area (Å²) in [7, 11) is 3.37. The number of benzene rings is 2. The van der Waals surface area contributed by atoms with Crippen LogP contribution in [-0.4, -0.2) is 84.4 Å². The molecule has 2 amide bonds. The van der Waals surface area contributed by atoms with Crippen LogP contribution < -0.4 is 19.5 Å². The maximum Gasteiger partial charge on any atom is 0.262 e. The number of nitrogens with one attached hydrogen (secondary N) is 1. The third-order valence-electron chi connectivity index (χ3n) is 6.31. The van der Waals surface area contributed by atoms with E-state index in [-0.39, 0.29) is 18.4 Å². The molecule has 0 saturated carbocycles. The van der Waals surface area contributed by atoms with Gasteiger partial charge in [0.05, 0.1) is 24.0 Å². The Morgan fingerprint density at radius 1 is 1.05 bits per heavy atom.